The van der Waals surface area contributed by atoms with E-state index in [1.165, 1.54) is 31.0 Å². The molecule has 20 heavy (non-hydrogen) atoms. The third-order valence-electron chi connectivity index (χ3n) is 3.98. The van der Waals surface area contributed by atoms with Gasteiger partial charge in [0.2, 0.25) is 0 Å². The van der Waals surface area contributed by atoms with Gasteiger partial charge in [-0.15, -0.1) is 0 Å². The van der Waals surface area contributed by atoms with E-state index in [-0.39, 0.29) is 11.7 Å². The van der Waals surface area contributed by atoms with Crippen LogP contribution in [0.5, 0.6) is 0 Å². The van der Waals surface area contributed by atoms with E-state index in [0.29, 0.717) is 5.92 Å². The minimum Gasteiger partial charge on any atom is -0.451 e. The number of allylic oxidation sites excluding steroid dienone is 1. The van der Waals surface area contributed by atoms with Crippen molar-refractivity contribution in [2.45, 2.75) is 32.1 Å². The van der Waals surface area contributed by atoms with Crippen LogP contribution in [0, 0.1) is 15.6 Å². The Balaban J connectivity index is 1.81. The summed E-state index contributed by atoms with van der Waals surface area (Å²) in [4.78, 5) is 13.4. The maximum Gasteiger partial charge on any atom is 0.178 e. The Morgan fingerprint density at radius 2 is 2.05 bits per heavy atom. The minimum absolute atomic E-state index is 0.0458. The first-order valence-corrected chi connectivity index (χ1v) is 9.18. The largest absolute Gasteiger partial charge is 0.451 e. The molecule has 2 nitrogen and oxygen atoms in total. The molecule has 106 valence electrons. The standard InChI is InChI=1S/C15H15IO2S2/c16-12-7-6-10(18-12)8-11-14(17)13(15(19)20-11)9-4-2-1-3-5-9/h6-9,13H,1-5H2/b11-8-. The lowest BCUT2D eigenvalue weighted by atomic mass is 9.79. The van der Waals surface area contributed by atoms with E-state index in [1.54, 1.807) is 0 Å². The highest BCUT2D eigenvalue weighted by Gasteiger charge is 2.40. The molecule has 1 aliphatic heterocycles. The fraction of sp³-hybridized carbons (Fsp3) is 0.467. The zero-order valence-corrected chi connectivity index (χ0v) is 14.7. The Morgan fingerprint density at radius 3 is 2.70 bits per heavy atom. The van der Waals surface area contributed by atoms with Crippen LogP contribution >= 0.6 is 46.6 Å². The lowest BCUT2D eigenvalue weighted by Gasteiger charge is -2.25. The van der Waals surface area contributed by atoms with Crippen LogP contribution in [0.3, 0.4) is 0 Å². The molecule has 2 fully saturated rings. The Kier molecular flexibility index (Phi) is 4.67. The van der Waals surface area contributed by atoms with Gasteiger partial charge in [0.15, 0.2) is 9.55 Å². The molecule has 5 heteroatoms. The predicted molar refractivity (Wildman–Crippen MR) is 94.7 cm³/mol. The van der Waals surface area contributed by atoms with Crippen LogP contribution in [-0.2, 0) is 4.79 Å². The first-order valence-electron chi connectivity index (χ1n) is 6.88. The van der Waals surface area contributed by atoms with Crippen LogP contribution in [0.2, 0.25) is 0 Å². The third-order valence-corrected chi connectivity index (χ3v) is 6.06. The minimum atomic E-state index is -0.0458. The lowest BCUT2D eigenvalue weighted by Crippen LogP contribution is -2.25. The second-order valence-electron chi connectivity index (χ2n) is 5.31. The van der Waals surface area contributed by atoms with Gasteiger partial charge >= 0.3 is 0 Å². The van der Waals surface area contributed by atoms with Crippen molar-refractivity contribution in [3.05, 3.63) is 26.6 Å². The molecule has 2 heterocycles. The van der Waals surface area contributed by atoms with Crippen molar-refractivity contribution in [1.29, 1.82) is 0 Å². The van der Waals surface area contributed by atoms with Crippen LogP contribution < -0.4 is 0 Å². The second-order valence-corrected chi connectivity index (χ2v) is 8.16. The zero-order valence-electron chi connectivity index (χ0n) is 10.9. The quantitative estimate of drug-likeness (QED) is 0.381. The summed E-state index contributed by atoms with van der Waals surface area (Å²) in [6.45, 7) is 0. The average molecular weight is 418 g/mol. The van der Waals surface area contributed by atoms with Crippen LogP contribution in [0.25, 0.3) is 6.08 Å². The molecule has 0 aromatic carbocycles. The number of halogens is 1. The van der Waals surface area contributed by atoms with E-state index in [1.807, 2.05) is 18.2 Å². The number of furan rings is 1. The number of thioether (sulfide) groups is 1. The summed E-state index contributed by atoms with van der Waals surface area (Å²) < 4.78 is 7.20. The summed E-state index contributed by atoms with van der Waals surface area (Å²) in [6, 6.07) is 3.79. The Labute approximate surface area is 141 Å². The molecule has 3 rings (SSSR count). The first-order chi connectivity index (χ1) is 9.65. The summed E-state index contributed by atoms with van der Waals surface area (Å²) >= 11 is 9.05. The van der Waals surface area contributed by atoms with Gasteiger partial charge in [-0.3, -0.25) is 4.79 Å². The average Bonchev–Trinajstić information content (AvgIpc) is 2.96. The number of rotatable bonds is 2. The van der Waals surface area contributed by atoms with Crippen molar-refractivity contribution in [3.8, 4) is 0 Å². The highest BCUT2D eigenvalue weighted by Crippen LogP contribution is 2.43. The molecular weight excluding hydrogens is 403 g/mol. The third kappa shape index (κ3) is 3.04. The lowest BCUT2D eigenvalue weighted by molar-refractivity contribution is -0.117. The monoisotopic (exact) mass is 418 g/mol. The van der Waals surface area contributed by atoms with E-state index in [0.717, 1.165) is 31.5 Å². The van der Waals surface area contributed by atoms with Gasteiger partial charge in [-0.1, -0.05) is 43.2 Å². The highest BCUT2D eigenvalue weighted by molar-refractivity contribution is 14.1. The molecule has 1 aliphatic carbocycles. The van der Waals surface area contributed by atoms with Crippen molar-refractivity contribution in [3.63, 3.8) is 0 Å². The molecular formula is C15H15IO2S2. The predicted octanol–water partition coefficient (Wildman–Crippen LogP) is 5.06. The molecule has 0 radical (unpaired) electrons. The van der Waals surface area contributed by atoms with Crippen LogP contribution in [-0.4, -0.2) is 9.98 Å². The fourth-order valence-corrected chi connectivity index (χ4v) is 5.04. The fourth-order valence-electron chi connectivity index (χ4n) is 2.99. The van der Waals surface area contributed by atoms with Crippen molar-refractivity contribution < 1.29 is 9.21 Å². The van der Waals surface area contributed by atoms with Gasteiger partial charge in [-0.2, -0.15) is 0 Å². The van der Waals surface area contributed by atoms with Gasteiger partial charge in [0, 0.05) is 0 Å². The number of hydrogen-bond acceptors (Lipinski definition) is 4. The molecule has 0 N–H and O–H groups in total. The van der Waals surface area contributed by atoms with Gasteiger partial charge < -0.3 is 4.42 Å². The molecule has 1 saturated carbocycles. The SMILES string of the molecule is O=C1/C(=C/c2ccc(I)o2)SC(=S)C1C1CCCCC1. The number of hydrogen-bond donors (Lipinski definition) is 0. The number of carbonyl (C=O) groups excluding carboxylic acids is 1. The van der Waals surface area contributed by atoms with Crippen molar-refractivity contribution >= 4 is 62.6 Å². The number of ketones is 1. The normalized spacial score (nSPS) is 26.6. The highest BCUT2D eigenvalue weighted by atomic mass is 127. The molecule has 0 spiro atoms. The van der Waals surface area contributed by atoms with E-state index in [9.17, 15) is 4.79 Å². The van der Waals surface area contributed by atoms with E-state index in [2.05, 4.69) is 22.6 Å². The van der Waals surface area contributed by atoms with Crippen molar-refractivity contribution in [2.75, 3.05) is 0 Å². The number of Topliss-reactive ketones (excluding diaryl/α,β-unsaturated/α-hetero) is 1. The van der Waals surface area contributed by atoms with E-state index < -0.39 is 0 Å². The maximum atomic E-state index is 12.6. The Morgan fingerprint density at radius 1 is 1.30 bits per heavy atom. The molecule has 0 bridgehead atoms. The number of carbonyl (C=O) groups is 1. The molecule has 0 amide bonds. The Bertz CT molecular complexity index is 570. The number of thiocarbonyl (C=S) groups is 1. The molecule has 1 saturated heterocycles. The second kappa shape index (κ2) is 6.32. The zero-order chi connectivity index (χ0) is 14.1. The maximum absolute atomic E-state index is 12.6. The van der Waals surface area contributed by atoms with Gasteiger partial charge in [0.1, 0.15) is 5.76 Å². The summed E-state index contributed by atoms with van der Waals surface area (Å²) in [6.07, 6.45) is 7.88. The molecule has 1 unspecified atom stereocenters. The summed E-state index contributed by atoms with van der Waals surface area (Å²) in [7, 11) is 0. The molecule has 2 aliphatic rings. The van der Waals surface area contributed by atoms with E-state index >= 15 is 0 Å². The molecule has 1 atom stereocenters. The van der Waals surface area contributed by atoms with Crippen LogP contribution in [0.1, 0.15) is 37.9 Å². The Hall–Kier alpha value is -0.140. The van der Waals surface area contributed by atoms with Crippen LogP contribution in [0.15, 0.2) is 21.5 Å². The molecule has 1 aromatic heterocycles. The van der Waals surface area contributed by atoms with Gasteiger partial charge in [-0.25, -0.2) is 0 Å². The van der Waals surface area contributed by atoms with Crippen molar-refractivity contribution in [1.82, 2.24) is 0 Å². The van der Waals surface area contributed by atoms with Gasteiger partial charge in [-0.05, 0) is 59.6 Å². The summed E-state index contributed by atoms with van der Waals surface area (Å²) in [5.41, 5.74) is 0. The first kappa shape index (κ1) is 14.8. The van der Waals surface area contributed by atoms with Crippen LogP contribution in [0.4, 0.5) is 0 Å². The van der Waals surface area contributed by atoms with Gasteiger partial charge in [0.05, 0.1) is 15.0 Å². The topological polar surface area (TPSA) is 30.2 Å². The molecule has 1 aromatic rings. The van der Waals surface area contributed by atoms with E-state index in [4.69, 9.17) is 16.6 Å². The summed E-state index contributed by atoms with van der Waals surface area (Å²) in [5, 5.41) is 0. The summed E-state index contributed by atoms with van der Waals surface area (Å²) in [5.74, 6) is 1.35. The van der Waals surface area contributed by atoms with Gasteiger partial charge in [0.25, 0.3) is 0 Å². The smallest absolute Gasteiger partial charge is 0.178 e. The van der Waals surface area contributed by atoms with Crippen molar-refractivity contribution in [2.24, 2.45) is 11.8 Å².